The summed E-state index contributed by atoms with van der Waals surface area (Å²) < 4.78 is 52.7. The number of alkyl halides is 3. The fourth-order valence-electron chi connectivity index (χ4n) is 2.94. The number of benzene rings is 2. The minimum Gasteiger partial charge on any atom is -0.380 e. The van der Waals surface area contributed by atoms with E-state index in [1.807, 2.05) is 0 Å². The molecule has 10 heteroatoms. The number of nitrogens with one attached hydrogen (secondary N) is 2. The maximum atomic E-state index is 13.2. The maximum Gasteiger partial charge on any atom is 0.416 e. The highest BCUT2D eigenvalue weighted by atomic mass is 19.4. The van der Waals surface area contributed by atoms with E-state index in [0.717, 1.165) is 30.0 Å². The lowest BCUT2D eigenvalue weighted by molar-refractivity contribution is -0.137. The SMILES string of the molecule is Cc1cc(Nc2nc([C@H](O)c3ccc(F)cc3)nc3cc(C(F)(F)F)ccc23)n[nH]1. The lowest BCUT2D eigenvalue weighted by Gasteiger charge is -2.15. The van der Waals surface area contributed by atoms with E-state index in [9.17, 15) is 22.7 Å². The van der Waals surface area contributed by atoms with Gasteiger partial charge in [0.25, 0.3) is 0 Å². The monoisotopic (exact) mass is 417 g/mol. The lowest BCUT2D eigenvalue weighted by atomic mass is 10.1. The molecule has 0 radical (unpaired) electrons. The van der Waals surface area contributed by atoms with Crippen LogP contribution in [0.25, 0.3) is 10.9 Å². The smallest absolute Gasteiger partial charge is 0.380 e. The largest absolute Gasteiger partial charge is 0.416 e. The Morgan fingerprint density at radius 1 is 1.03 bits per heavy atom. The van der Waals surface area contributed by atoms with Crippen molar-refractivity contribution in [2.75, 3.05) is 5.32 Å². The summed E-state index contributed by atoms with van der Waals surface area (Å²) in [6.07, 6.45) is -5.92. The van der Waals surface area contributed by atoms with Crippen LogP contribution >= 0.6 is 0 Å². The van der Waals surface area contributed by atoms with Gasteiger partial charge in [0, 0.05) is 17.1 Å². The Hall–Kier alpha value is -3.53. The van der Waals surface area contributed by atoms with Crippen LogP contribution in [0, 0.1) is 12.7 Å². The Balaban J connectivity index is 1.85. The van der Waals surface area contributed by atoms with Crippen molar-refractivity contribution in [2.24, 2.45) is 0 Å². The first kappa shape index (κ1) is 19.8. The molecule has 0 aliphatic heterocycles. The lowest BCUT2D eigenvalue weighted by Crippen LogP contribution is -2.10. The molecule has 0 aliphatic carbocycles. The van der Waals surface area contributed by atoms with Gasteiger partial charge in [0.2, 0.25) is 0 Å². The first-order valence-electron chi connectivity index (χ1n) is 8.82. The minimum atomic E-state index is -4.55. The molecule has 0 spiro atoms. The number of aliphatic hydroxyl groups excluding tert-OH is 1. The van der Waals surface area contributed by atoms with Crippen molar-refractivity contribution in [1.29, 1.82) is 0 Å². The summed E-state index contributed by atoms with van der Waals surface area (Å²) in [7, 11) is 0. The number of anilines is 2. The maximum absolute atomic E-state index is 13.2. The Labute approximate surface area is 167 Å². The predicted molar refractivity (Wildman–Crippen MR) is 102 cm³/mol. The van der Waals surface area contributed by atoms with E-state index in [1.54, 1.807) is 13.0 Å². The first-order valence-corrected chi connectivity index (χ1v) is 8.82. The minimum absolute atomic E-state index is 0.00857. The molecule has 0 saturated heterocycles. The molecule has 4 aromatic rings. The van der Waals surface area contributed by atoms with Crippen LogP contribution in [0.15, 0.2) is 48.5 Å². The summed E-state index contributed by atoms with van der Waals surface area (Å²) >= 11 is 0. The molecule has 3 N–H and O–H groups in total. The molecule has 2 aromatic heterocycles. The normalized spacial score (nSPS) is 12.9. The van der Waals surface area contributed by atoms with Crippen LogP contribution in [0.5, 0.6) is 0 Å². The third-order valence-corrected chi connectivity index (χ3v) is 4.42. The van der Waals surface area contributed by atoms with Crippen LogP contribution in [0.3, 0.4) is 0 Å². The molecule has 0 bridgehead atoms. The fraction of sp³-hybridized carbons (Fsp3) is 0.150. The molecule has 0 aliphatic rings. The molecule has 2 heterocycles. The van der Waals surface area contributed by atoms with Crippen molar-refractivity contribution in [2.45, 2.75) is 19.2 Å². The van der Waals surface area contributed by atoms with Crippen molar-refractivity contribution in [3.05, 3.63) is 77.0 Å². The molecule has 0 saturated carbocycles. The number of aliphatic hydroxyl groups is 1. The van der Waals surface area contributed by atoms with E-state index in [-0.39, 0.29) is 17.2 Å². The Kier molecular flexibility index (Phi) is 4.86. The van der Waals surface area contributed by atoms with Crippen LogP contribution in [-0.2, 0) is 6.18 Å². The molecule has 0 unspecified atom stereocenters. The molecular formula is C20H15F4N5O. The van der Waals surface area contributed by atoms with Gasteiger partial charge in [-0.05, 0) is 42.8 Å². The summed E-state index contributed by atoms with van der Waals surface area (Å²) in [5.41, 5.74) is 0.175. The number of aryl methyl sites for hydroxylation is 1. The number of nitrogens with zero attached hydrogens (tertiary/aromatic N) is 3. The van der Waals surface area contributed by atoms with Crippen molar-refractivity contribution < 1.29 is 22.7 Å². The summed E-state index contributed by atoms with van der Waals surface area (Å²) in [5.74, 6) is -0.0503. The van der Waals surface area contributed by atoms with Gasteiger partial charge in [-0.1, -0.05) is 12.1 Å². The quantitative estimate of drug-likeness (QED) is 0.421. The zero-order valence-electron chi connectivity index (χ0n) is 15.5. The van der Waals surface area contributed by atoms with E-state index in [2.05, 4.69) is 25.5 Å². The molecule has 6 nitrogen and oxygen atoms in total. The number of halogens is 4. The van der Waals surface area contributed by atoms with Crippen LogP contribution < -0.4 is 5.32 Å². The van der Waals surface area contributed by atoms with Gasteiger partial charge in [-0.3, -0.25) is 5.10 Å². The van der Waals surface area contributed by atoms with Gasteiger partial charge in [-0.25, -0.2) is 14.4 Å². The number of hydrogen-bond acceptors (Lipinski definition) is 5. The molecule has 2 aromatic carbocycles. The van der Waals surface area contributed by atoms with E-state index >= 15 is 0 Å². The molecule has 30 heavy (non-hydrogen) atoms. The van der Waals surface area contributed by atoms with E-state index in [4.69, 9.17) is 0 Å². The van der Waals surface area contributed by atoms with Crippen LogP contribution in [0.4, 0.5) is 29.2 Å². The highest BCUT2D eigenvalue weighted by molar-refractivity contribution is 5.91. The average Bonchev–Trinajstić information content (AvgIpc) is 3.11. The topological polar surface area (TPSA) is 86.7 Å². The predicted octanol–water partition coefficient (Wildman–Crippen LogP) is 4.64. The summed E-state index contributed by atoms with van der Waals surface area (Å²) in [6.45, 7) is 1.79. The second-order valence-corrected chi connectivity index (χ2v) is 6.68. The third-order valence-electron chi connectivity index (χ3n) is 4.42. The molecule has 1 atom stereocenters. The Bertz CT molecular complexity index is 1200. The van der Waals surface area contributed by atoms with Crippen molar-refractivity contribution in [1.82, 2.24) is 20.2 Å². The van der Waals surface area contributed by atoms with Crippen molar-refractivity contribution >= 4 is 22.5 Å². The number of rotatable bonds is 4. The average molecular weight is 417 g/mol. The molecule has 4 rings (SSSR count). The Morgan fingerprint density at radius 2 is 1.77 bits per heavy atom. The fourth-order valence-corrected chi connectivity index (χ4v) is 2.94. The van der Waals surface area contributed by atoms with E-state index < -0.39 is 23.7 Å². The van der Waals surface area contributed by atoms with E-state index in [0.29, 0.717) is 16.8 Å². The van der Waals surface area contributed by atoms with Gasteiger partial charge in [-0.15, -0.1) is 0 Å². The second kappa shape index (κ2) is 7.38. The molecule has 154 valence electrons. The van der Waals surface area contributed by atoms with Gasteiger partial charge in [0.1, 0.15) is 17.7 Å². The second-order valence-electron chi connectivity index (χ2n) is 6.68. The molecule has 0 fully saturated rings. The highest BCUT2D eigenvalue weighted by Crippen LogP contribution is 2.34. The van der Waals surface area contributed by atoms with Crippen molar-refractivity contribution in [3.63, 3.8) is 0 Å². The summed E-state index contributed by atoms with van der Waals surface area (Å²) in [5, 5.41) is 20.7. The number of aromatic amines is 1. The number of fused-ring (bicyclic) bond motifs is 1. The number of hydrogen-bond donors (Lipinski definition) is 3. The van der Waals surface area contributed by atoms with Crippen LogP contribution in [0.2, 0.25) is 0 Å². The summed E-state index contributed by atoms with van der Waals surface area (Å²) in [4.78, 5) is 8.43. The molecule has 0 amide bonds. The number of aromatic nitrogens is 4. The first-order chi connectivity index (χ1) is 14.2. The summed E-state index contributed by atoms with van der Waals surface area (Å²) in [6, 6.07) is 9.79. The van der Waals surface area contributed by atoms with Crippen LogP contribution in [-0.4, -0.2) is 25.3 Å². The van der Waals surface area contributed by atoms with Crippen LogP contribution in [0.1, 0.15) is 28.7 Å². The van der Waals surface area contributed by atoms with Gasteiger partial charge in [0.05, 0.1) is 11.1 Å². The highest BCUT2D eigenvalue weighted by Gasteiger charge is 2.31. The van der Waals surface area contributed by atoms with Crippen molar-refractivity contribution in [3.8, 4) is 0 Å². The molecular weight excluding hydrogens is 402 g/mol. The van der Waals surface area contributed by atoms with E-state index in [1.165, 1.54) is 18.2 Å². The van der Waals surface area contributed by atoms with Gasteiger partial charge in [0.15, 0.2) is 11.6 Å². The zero-order chi connectivity index (χ0) is 21.5. The van der Waals surface area contributed by atoms with Gasteiger partial charge >= 0.3 is 6.18 Å². The Morgan fingerprint density at radius 3 is 2.40 bits per heavy atom. The number of H-pyrrole nitrogens is 1. The van der Waals surface area contributed by atoms with Gasteiger partial charge < -0.3 is 10.4 Å². The standard InChI is InChI=1S/C20H15F4N5O/c1-10-8-16(29-28-10)26-18-14-7-4-12(20(22,23)24)9-15(14)25-19(27-18)17(30)11-2-5-13(21)6-3-11/h2-9,17,30H,1H3,(H2,25,26,27,28,29)/t17-/m1/s1. The van der Waals surface area contributed by atoms with Gasteiger partial charge in [-0.2, -0.15) is 18.3 Å². The zero-order valence-corrected chi connectivity index (χ0v) is 15.5. The third kappa shape index (κ3) is 3.94.